The number of anilines is 1. The second kappa shape index (κ2) is 6.13. The largest absolute Gasteiger partial charge is 0.401 e. The highest BCUT2D eigenvalue weighted by Gasteiger charge is 2.34. The maximum absolute atomic E-state index is 12.2. The predicted molar refractivity (Wildman–Crippen MR) is 69.5 cm³/mol. The first-order valence-corrected chi connectivity index (χ1v) is 6.34. The summed E-state index contributed by atoms with van der Waals surface area (Å²) in [4.78, 5) is 13.0. The third-order valence-electron chi connectivity index (χ3n) is 3.04. The Morgan fingerprint density at radius 2 is 2.00 bits per heavy atom. The highest BCUT2D eigenvalue weighted by Crippen LogP contribution is 2.20. The van der Waals surface area contributed by atoms with E-state index in [0.717, 1.165) is 0 Å². The van der Waals surface area contributed by atoms with Crippen LogP contribution in [0, 0.1) is 0 Å². The number of alkyl halides is 3. The number of halogens is 3. The Bertz CT molecular complexity index is 450. The maximum Gasteiger partial charge on any atom is 0.401 e. The molecule has 1 fully saturated rings. The highest BCUT2D eigenvalue weighted by molar-refractivity contribution is 5.89. The molecular formula is C13H16F3N3O. The highest BCUT2D eigenvalue weighted by atomic mass is 19.4. The van der Waals surface area contributed by atoms with Gasteiger partial charge in [0.2, 0.25) is 0 Å². The van der Waals surface area contributed by atoms with E-state index in [1.54, 1.807) is 24.3 Å². The Labute approximate surface area is 114 Å². The van der Waals surface area contributed by atoms with Gasteiger partial charge in [-0.05, 0) is 18.6 Å². The predicted octanol–water partition coefficient (Wildman–Crippen LogP) is 2.44. The van der Waals surface area contributed by atoms with Crippen molar-refractivity contribution < 1.29 is 18.0 Å². The lowest BCUT2D eigenvalue weighted by molar-refractivity contribution is -0.143. The van der Waals surface area contributed by atoms with Crippen molar-refractivity contribution in [2.24, 2.45) is 0 Å². The summed E-state index contributed by atoms with van der Waals surface area (Å²) < 4.78 is 36.7. The van der Waals surface area contributed by atoms with Gasteiger partial charge in [0.1, 0.15) is 0 Å². The van der Waals surface area contributed by atoms with Crippen LogP contribution in [-0.2, 0) is 0 Å². The van der Waals surface area contributed by atoms with E-state index in [1.807, 2.05) is 6.07 Å². The summed E-state index contributed by atoms with van der Waals surface area (Å²) in [7, 11) is 0. The van der Waals surface area contributed by atoms with Gasteiger partial charge >= 0.3 is 12.2 Å². The van der Waals surface area contributed by atoms with Gasteiger partial charge in [0.05, 0.1) is 6.54 Å². The lowest BCUT2D eigenvalue weighted by Crippen LogP contribution is -2.41. The number of carbonyl (C=O) groups is 1. The Balaban J connectivity index is 1.76. The van der Waals surface area contributed by atoms with Crippen LogP contribution in [0.15, 0.2) is 30.3 Å². The van der Waals surface area contributed by atoms with Crippen LogP contribution in [-0.4, -0.2) is 42.8 Å². The van der Waals surface area contributed by atoms with Crippen LogP contribution in [0.2, 0.25) is 0 Å². The van der Waals surface area contributed by atoms with Crippen molar-refractivity contribution in [1.29, 1.82) is 0 Å². The number of nitrogens with one attached hydrogen (secondary N) is 2. The molecule has 110 valence electrons. The summed E-state index contributed by atoms with van der Waals surface area (Å²) in [6, 6.07) is 8.24. The molecule has 0 spiro atoms. The van der Waals surface area contributed by atoms with Crippen LogP contribution in [0.25, 0.3) is 0 Å². The molecule has 7 heteroatoms. The minimum absolute atomic E-state index is 0.224. The normalized spacial score (nSPS) is 19.9. The Morgan fingerprint density at radius 1 is 1.30 bits per heavy atom. The van der Waals surface area contributed by atoms with Gasteiger partial charge in [0, 0.05) is 24.8 Å². The van der Waals surface area contributed by atoms with E-state index < -0.39 is 18.8 Å². The van der Waals surface area contributed by atoms with Crippen LogP contribution in [0.1, 0.15) is 6.42 Å². The van der Waals surface area contributed by atoms with Gasteiger partial charge in [-0.15, -0.1) is 0 Å². The monoisotopic (exact) mass is 287 g/mol. The van der Waals surface area contributed by atoms with Gasteiger partial charge in [-0.1, -0.05) is 18.2 Å². The zero-order valence-corrected chi connectivity index (χ0v) is 10.8. The van der Waals surface area contributed by atoms with Crippen LogP contribution < -0.4 is 10.6 Å². The maximum atomic E-state index is 12.2. The molecule has 0 aromatic heterocycles. The molecule has 1 aromatic rings. The quantitative estimate of drug-likeness (QED) is 0.897. The second-order valence-electron chi connectivity index (χ2n) is 4.80. The first-order chi connectivity index (χ1) is 9.42. The van der Waals surface area contributed by atoms with E-state index in [9.17, 15) is 18.0 Å². The van der Waals surface area contributed by atoms with Crippen molar-refractivity contribution in [3.8, 4) is 0 Å². The molecule has 0 bridgehead atoms. The Morgan fingerprint density at radius 3 is 2.65 bits per heavy atom. The lowest BCUT2D eigenvalue weighted by Gasteiger charge is -2.18. The molecule has 1 heterocycles. The van der Waals surface area contributed by atoms with E-state index in [2.05, 4.69) is 10.6 Å². The zero-order valence-electron chi connectivity index (χ0n) is 10.8. The minimum atomic E-state index is -4.19. The molecule has 1 saturated heterocycles. The number of likely N-dealkylation sites (tertiary alicyclic amines) is 1. The fourth-order valence-electron chi connectivity index (χ4n) is 2.22. The van der Waals surface area contributed by atoms with E-state index >= 15 is 0 Å². The molecule has 1 aliphatic rings. The van der Waals surface area contributed by atoms with Crippen molar-refractivity contribution in [3.05, 3.63) is 30.3 Å². The number of hydrogen-bond acceptors (Lipinski definition) is 2. The number of rotatable bonds is 3. The number of nitrogens with zero attached hydrogens (tertiary/aromatic N) is 1. The summed E-state index contributed by atoms with van der Waals surface area (Å²) in [5, 5.41) is 5.33. The average molecular weight is 287 g/mol. The molecule has 20 heavy (non-hydrogen) atoms. The summed E-state index contributed by atoms with van der Waals surface area (Å²) in [5.74, 6) is 0. The van der Waals surface area contributed by atoms with Crippen molar-refractivity contribution in [1.82, 2.24) is 10.2 Å². The fraction of sp³-hybridized carbons (Fsp3) is 0.462. The molecule has 2 rings (SSSR count). The molecule has 4 nitrogen and oxygen atoms in total. The minimum Gasteiger partial charge on any atom is -0.334 e. The third kappa shape index (κ3) is 4.73. The standard InChI is InChI=1S/C13H16F3N3O/c14-13(15,16)9-19-7-6-11(8-19)18-12(20)17-10-4-2-1-3-5-10/h1-5,11H,6-9H2,(H2,17,18,20)/t11-/m1/s1. The van der Waals surface area contributed by atoms with Gasteiger partial charge in [0.15, 0.2) is 0 Å². The van der Waals surface area contributed by atoms with Crippen LogP contribution in [0.3, 0.4) is 0 Å². The van der Waals surface area contributed by atoms with Crippen molar-refractivity contribution >= 4 is 11.7 Å². The van der Waals surface area contributed by atoms with Crippen LogP contribution in [0.5, 0.6) is 0 Å². The van der Waals surface area contributed by atoms with Crippen LogP contribution in [0.4, 0.5) is 23.7 Å². The SMILES string of the molecule is O=C(Nc1ccccc1)N[C@@H]1CCN(CC(F)(F)F)C1. The third-order valence-corrected chi connectivity index (χ3v) is 3.04. The van der Waals surface area contributed by atoms with E-state index in [-0.39, 0.29) is 12.6 Å². The van der Waals surface area contributed by atoms with Gasteiger partial charge in [-0.2, -0.15) is 13.2 Å². The number of hydrogen-bond donors (Lipinski definition) is 2. The molecule has 1 atom stereocenters. The fourth-order valence-corrected chi connectivity index (χ4v) is 2.22. The smallest absolute Gasteiger partial charge is 0.334 e. The van der Waals surface area contributed by atoms with Crippen LogP contribution >= 0.6 is 0 Å². The number of amides is 2. The summed E-state index contributed by atoms with van der Waals surface area (Å²) in [6.07, 6.45) is -3.67. The zero-order chi connectivity index (χ0) is 14.6. The second-order valence-corrected chi connectivity index (χ2v) is 4.80. The molecule has 0 aliphatic carbocycles. The Kier molecular flexibility index (Phi) is 4.49. The summed E-state index contributed by atoms with van der Waals surface area (Å²) in [5.41, 5.74) is 0.648. The molecule has 0 unspecified atom stereocenters. The number of urea groups is 1. The Hall–Kier alpha value is -1.76. The van der Waals surface area contributed by atoms with E-state index in [1.165, 1.54) is 4.90 Å². The number of para-hydroxylation sites is 1. The molecular weight excluding hydrogens is 271 g/mol. The molecule has 1 aliphatic heterocycles. The molecule has 1 aromatic carbocycles. The lowest BCUT2D eigenvalue weighted by atomic mass is 10.3. The molecule has 0 saturated carbocycles. The van der Waals surface area contributed by atoms with E-state index in [0.29, 0.717) is 18.7 Å². The van der Waals surface area contributed by atoms with Gasteiger partial charge in [-0.3, -0.25) is 4.90 Å². The van der Waals surface area contributed by atoms with E-state index in [4.69, 9.17) is 0 Å². The van der Waals surface area contributed by atoms with Gasteiger partial charge < -0.3 is 10.6 Å². The molecule has 0 radical (unpaired) electrons. The van der Waals surface area contributed by atoms with Crippen molar-refractivity contribution in [2.45, 2.75) is 18.6 Å². The van der Waals surface area contributed by atoms with Gasteiger partial charge in [0.25, 0.3) is 0 Å². The molecule has 2 amide bonds. The first-order valence-electron chi connectivity index (χ1n) is 6.34. The first kappa shape index (κ1) is 14.6. The average Bonchev–Trinajstić information content (AvgIpc) is 2.75. The topological polar surface area (TPSA) is 44.4 Å². The van der Waals surface area contributed by atoms with Crippen molar-refractivity contribution in [3.63, 3.8) is 0 Å². The summed E-state index contributed by atoms with van der Waals surface area (Å²) in [6.45, 7) is -0.358. The van der Waals surface area contributed by atoms with Crippen molar-refractivity contribution in [2.75, 3.05) is 25.0 Å². The number of carbonyl (C=O) groups excluding carboxylic acids is 1. The summed E-state index contributed by atoms with van der Waals surface area (Å²) >= 11 is 0. The molecule has 2 N–H and O–H groups in total. The number of benzene rings is 1. The van der Waals surface area contributed by atoms with Gasteiger partial charge in [-0.25, -0.2) is 4.79 Å².